The van der Waals surface area contributed by atoms with Gasteiger partial charge in [-0.25, -0.2) is 0 Å². The molecule has 0 amide bonds. The number of aromatic nitrogens is 2. The highest BCUT2D eigenvalue weighted by Gasteiger charge is 2.19. The minimum absolute atomic E-state index is 0.206. The van der Waals surface area contributed by atoms with Gasteiger partial charge in [-0.05, 0) is 19.9 Å². The largest absolute Gasteiger partial charge is 0.367 e. The molecule has 1 aromatic heterocycles. The first-order valence-corrected chi connectivity index (χ1v) is 5.10. The lowest BCUT2D eigenvalue weighted by atomic mass is 10.3. The molecule has 14 heavy (non-hydrogen) atoms. The molecule has 0 aromatic carbocycles. The van der Waals surface area contributed by atoms with Crippen molar-refractivity contribution in [2.24, 2.45) is 0 Å². The monoisotopic (exact) mass is 210 g/mol. The van der Waals surface area contributed by atoms with Gasteiger partial charge < -0.3 is 5.32 Å². The maximum atomic E-state index is 5.14. The Kier molecular flexibility index (Phi) is 2.52. The molecule has 1 fully saturated rings. The molecule has 2 heterocycles. The Hall–Kier alpha value is -0.940. The van der Waals surface area contributed by atoms with E-state index in [2.05, 4.69) is 28.7 Å². The van der Waals surface area contributed by atoms with Gasteiger partial charge in [0.15, 0.2) is 0 Å². The van der Waals surface area contributed by atoms with Crippen molar-refractivity contribution in [3.63, 3.8) is 0 Å². The minimum atomic E-state index is 0.206. The van der Waals surface area contributed by atoms with E-state index < -0.39 is 0 Å². The summed E-state index contributed by atoms with van der Waals surface area (Å²) >= 11 is 5.14. The highest BCUT2D eigenvalue weighted by Crippen LogP contribution is 2.14. The van der Waals surface area contributed by atoms with Gasteiger partial charge in [-0.15, -0.1) is 0 Å². The van der Waals surface area contributed by atoms with Crippen molar-refractivity contribution in [1.82, 2.24) is 20.4 Å². The maximum Gasteiger partial charge on any atom is 0.109 e. The summed E-state index contributed by atoms with van der Waals surface area (Å²) in [5.41, 5.74) is 2.22. The Bertz CT molecular complexity index is 358. The van der Waals surface area contributed by atoms with Crippen LogP contribution in [-0.4, -0.2) is 21.4 Å². The first-order chi connectivity index (χ1) is 6.66. The molecule has 1 aromatic rings. The molecule has 5 heteroatoms. The van der Waals surface area contributed by atoms with Gasteiger partial charge in [0.25, 0.3) is 0 Å². The molecular weight excluding hydrogens is 196 g/mol. The molecule has 0 radical (unpaired) electrons. The summed E-state index contributed by atoms with van der Waals surface area (Å²) < 4.78 is 2.00. The summed E-state index contributed by atoms with van der Waals surface area (Å²) in [7, 11) is 0. The topological polar surface area (TPSA) is 41.9 Å². The average molecular weight is 210 g/mol. The van der Waals surface area contributed by atoms with Crippen LogP contribution in [0.5, 0.6) is 0 Å². The van der Waals surface area contributed by atoms with Gasteiger partial charge >= 0.3 is 0 Å². The van der Waals surface area contributed by atoms with E-state index in [1.54, 1.807) is 0 Å². The van der Waals surface area contributed by atoms with Crippen LogP contribution in [0.2, 0.25) is 0 Å². The van der Waals surface area contributed by atoms with Crippen molar-refractivity contribution in [2.45, 2.75) is 26.4 Å². The quantitative estimate of drug-likeness (QED) is 0.675. The van der Waals surface area contributed by atoms with Crippen molar-refractivity contribution < 1.29 is 0 Å². The maximum absolute atomic E-state index is 5.14. The smallest absolute Gasteiger partial charge is 0.109 e. The van der Waals surface area contributed by atoms with Gasteiger partial charge in [0, 0.05) is 12.1 Å². The lowest BCUT2D eigenvalue weighted by Gasteiger charge is -2.26. The second-order valence-corrected chi connectivity index (χ2v) is 4.07. The van der Waals surface area contributed by atoms with E-state index in [9.17, 15) is 0 Å². The first kappa shape index (κ1) is 9.61. The second kappa shape index (κ2) is 3.67. The third-order valence-corrected chi connectivity index (χ3v) is 2.65. The fraction of sp³-hybridized carbons (Fsp3) is 0.556. The molecule has 76 valence electrons. The summed E-state index contributed by atoms with van der Waals surface area (Å²) in [5.74, 6) is 0. The Morgan fingerprint density at radius 2 is 2.36 bits per heavy atom. The zero-order valence-corrected chi connectivity index (χ0v) is 9.19. The summed E-state index contributed by atoms with van der Waals surface area (Å²) in [5, 5.41) is 10.8. The third kappa shape index (κ3) is 1.78. The van der Waals surface area contributed by atoms with Gasteiger partial charge in [-0.3, -0.25) is 10.00 Å². The number of hydrogen-bond acceptors (Lipinski definition) is 3. The van der Waals surface area contributed by atoms with Crippen molar-refractivity contribution in [1.29, 1.82) is 0 Å². The average Bonchev–Trinajstić information content (AvgIpc) is 2.45. The summed E-state index contributed by atoms with van der Waals surface area (Å²) in [4.78, 5) is 0.904. The number of nitrogens with one attached hydrogen (secondary N) is 2. The van der Waals surface area contributed by atoms with E-state index in [1.165, 1.54) is 5.69 Å². The van der Waals surface area contributed by atoms with Gasteiger partial charge in [0.2, 0.25) is 0 Å². The molecule has 1 aliphatic heterocycles. The van der Waals surface area contributed by atoms with Crippen LogP contribution < -0.4 is 10.6 Å². The van der Waals surface area contributed by atoms with Crippen LogP contribution in [0.4, 0.5) is 0 Å². The number of thiocarbonyl (C=S) groups is 1. The molecule has 2 rings (SSSR count). The minimum Gasteiger partial charge on any atom is -0.367 e. The number of nitrogens with zero attached hydrogens (tertiary/aromatic N) is 2. The Morgan fingerprint density at radius 1 is 1.57 bits per heavy atom. The predicted octanol–water partition coefficient (Wildman–Crippen LogP) is 0.866. The standard InChI is InChI=1S/C9H14N4S/c1-6-3-7(2)13(12-6)8-4-9(14)11-5-10-8/h3,8,10H,4-5H2,1-2H3,(H,11,14). The van der Waals surface area contributed by atoms with E-state index in [1.807, 2.05) is 11.6 Å². The van der Waals surface area contributed by atoms with E-state index >= 15 is 0 Å². The molecule has 0 aliphatic carbocycles. The van der Waals surface area contributed by atoms with Crippen LogP contribution in [0.1, 0.15) is 24.0 Å². The molecule has 0 spiro atoms. The van der Waals surface area contributed by atoms with Crippen LogP contribution in [0.3, 0.4) is 0 Å². The number of aryl methyl sites for hydroxylation is 2. The van der Waals surface area contributed by atoms with Crippen molar-refractivity contribution in [3.05, 3.63) is 17.5 Å². The SMILES string of the molecule is Cc1cc(C)n(C2CC(=S)NCN2)n1. The van der Waals surface area contributed by atoms with E-state index in [4.69, 9.17) is 12.2 Å². The Balaban J connectivity index is 2.21. The highest BCUT2D eigenvalue weighted by molar-refractivity contribution is 7.80. The second-order valence-electron chi connectivity index (χ2n) is 3.57. The van der Waals surface area contributed by atoms with Gasteiger partial charge in [0.05, 0.1) is 17.4 Å². The summed E-state index contributed by atoms with van der Waals surface area (Å²) in [6.07, 6.45) is 1.02. The van der Waals surface area contributed by atoms with Crippen LogP contribution in [0, 0.1) is 13.8 Å². The fourth-order valence-corrected chi connectivity index (χ4v) is 1.95. The van der Waals surface area contributed by atoms with Crippen LogP contribution in [0.25, 0.3) is 0 Å². The molecule has 2 N–H and O–H groups in total. The van der Waals surface area contributed by atoms with Crippen LogP contribution in [0.15, 0.2) is 6.07 Å². The van der Waals surface area contributed by atoms with Gasteiger partial charge in [-0.2, -0.15) is 5.10 Å². The van der Waals surface area contributed by atoms with Crippen LogP contribution >= 0.6 is 12.2 Å². The van der Waals surface area contributed by atoms with Crippen molar-refractivity contribution in [3.8, 4) is 0 Å². The van der Waals surface area contributed by atoms with E-state index in [0.29, 0.717) is 0 Å². The first-order valence-electron chi connectivity index (χ1n) is 4.69. The lowest BCUT2D eigenvalue weighted by Crippen LogP contribution is -2.45. The molecule has 1 aliphatic rings. The number of hydrogen-bond donors (Lipinski definition) is 2. The zero-order chi connectivity index (χ0) is 10.1. The fourth-order valence-electron chi connectivity index (χ4n) is 1.72. The van der Waals surface area contributed by atoms with E-state index in [0.717, 1.165) is 23.8 Å². The molecule has 1 unspecified atom stereocenters. The molecule has 1 saturated heterocycles. The zero-order valence-electron chi connectivity index (χ0n) is 8.37. The van der Waals surface area contributed by atoms with Gasteiger partial charge in [0.1, 0.15) is 6.17 Å². The third-order valence-electron chi connectivity index (χ3n) is 2.34. The normalized spacial score (nSPS) is 22.1. The van der Waals surface area contributed by atoms with E-state index in [-0.39, 0.29) is 6.17 Å². The molecule has 0 bridgehead atoms. The van der Waals surface area contributed by atoms with Crippen molar-refractivity contribution >= 4 is 17.2 Å². The van der Waals surface area contributed by atoms with Crippen molar-refractivity contribution in [2.75, 3.05) is 6.67 Å². The lowest BCUT2D eigenvalue weighted by molar-refractivity contribution is 0.351. The van der Waals surface area contributed by atoms with Gasteiger partial charge in [-0.1, -0.05) is 12.2 Å². The Morgan fingerprint density at radius 3 is 2.93 bits per heavy atom. The molecule has 1 atom stereocenters. The summed E-state index contributed by atoms with van der Waals surface area (Å²) in [6.45, 7) is 4.79. The summed E-state index contributed by atoms with van der Waals surface area (Å²) in [6, 6.07) is 2.08. The highest BCUT2D eigenvalue weighted by atomic mass is 32.1. The Labute approximate surface area is 88.7 Å². The molecule has 0 saturated carbocycles. The number of rotatable bonds is 1. The molecular formula is C9H14N4S. The van der Waals surface area contributed by atoms with Crippen LogP contribution in [-0.2, 0) is 0 Å². The predicted molar refractivity (Wildman–Crippen MR) is 59.1 cm³/mol. The molecule has 4 nitrogen and oxygen atoms in total.